The van der Waals surface area contributed by atoms with Gasteiger partial charge in [-0.05, 0) is 19.1 Å². The molecular formula is C8H9FN4. The molecule has 1 atom stereocenters. The van der Waals surface area contributed by atoms with Crippen molar-refractivity contribution in [1.29, 1.82) is 0 Å². The lowest BCUT2D eigenvalue weighted by Crippen LogP contribution is -2.06. The lowest BCUT2D eigenvalue weighted by atomic mass is 10.3. The molecule has 2 aromatic heterocycles. The summed E-state index contributed by atoms with van der Waals surface area (Å²) in [7, 11) is 0. The molecule has 13 heavy (non-hydrogen) atoms. The van der Waals surface area contributed by atoms with Crippen molar-refractivity contribution >= 4 is 5.65 Å². The molecule has 0 saturated carbocycles. The van der Waals surface area contributed by atoms with Crippen molar-refractivity contribution < 1.29 is 4.39 Å². The summed E-state index contributed by atoms with van der Waals surface area (Å²) in [6.07, 6.45) is 1.64. The number of nitrogens with two attached hydrogens (primary N) is 1. The molecule has 0 aliphatic carbocycles. The summed E-state index contributed by atoms with van der Waals surface area (Å²) in [5, 5.41) is 4.01. The second-order valence-corrected chi connectivity index (χ2v) is 2.88. The number of rotatable bonds is 1. The zero-order chi connectivity index (χ0) is 9.42. The lowest BCUT2D eigenvalue weighted by molar-refractivity contribution is 0.627. The molecule has 0 radical (unpaired) electrons. The molecule has 0 aliphatic rings. The second-order valence-electron chi connectivity index (χ2n) is 2.88. The van der Waals surface area contributed by atoms with E-state index in [0.29, 0.717) is 5.82 Å². The fraction of sp³-hybridized carbons (Fsp3) is 0.250. The average Bonchev–Trinajstić information content (AvgIpc) is 2.49. The molecule has 2 aromatic rings. The number of aromatic nitrogens is 3. The number of pyridine rings is 1. The Kier molecular flexibility index (Phi) is 1.73. The van der Waals surface area contributed by atoms with Gasteiger partial charge in [-0.2, -0.15) is 0 Å². The molecule has 68 valence electrons. The van der Waals surface area contributed by atoms with E-state index in [1.807, 2.05) is 0 Å². The van der Waals surface area contributed by atoms with Crippen molar-refractivity contribution in [3.05, 3.63) is 30.0 Å². The summed E-state index contributed by atoms with van der Waals surface area (Å²) >= 11 is 0. The molecule has 5 heteroatoms. The number of fused-ring (bicyclic) bond motifs is 1. The van der Waals surface area contributed by atoms with Gasteiger partial charge in [-0.25, -0.2) is 13.9 Å². The Balaban J connectivity index is 2.68. The maximum absolute atomic E-state index is 13.1. The zero-order valence-corrected chi connectivity index (χ0v) is 7.11. The van der Waals surface area contributed by atoms with Crippen LogP contribution in [0.15, 0.2) is 18.3 Å². The number of nitrogens with zero attached hydrogens (tertiary/aromatic N) is 3. The largest absolute Gasteiger partial charge is 0.321 e. The predicted molar refractivity (Wildman–Crippen MR) is 45.5 cm³/mol. The van der Waals surface area contributed by atoms with Crippen LogP contribution in [0.4, 0.5) is 4.39 Å². The van der Waals surface area contributed by atoms with Crippen LogP contribution in [0, 0.1) is 5.82 Å². The molecule has 2 N–H and O–H groups in total. The minimum Gasteiger partial charge on any atom is -0.321 e. The van der Waals surface area contributed by atoms with Gasteiger partial charge in [0.05, 0.1) is 6.04 Å². The van der Waals surface area contributed by atoms with Gasteiger partial charge in [-0.1, -0.05) is 0 Å². The third kappa shape index (κ3) is 1.27. The van der Waals surface area contributed by atoms with Gasteiger partial charge in [-0.15, -0.1) is 5.10 Å². The molecule has 0 saturated heterocycles. The van der Waals surface area contributed by atoms with Gasteiger partial charge < -0.3 is 5.73 Å². The van der Waals surface area contributed by atoms with Crippen LogP contribution in [0.3, 0.4) is 0 Å². The van der Waals surface area contributed by atoms with E-state index in [2.05, 4.69) is 10.1 Å². The number of hydrogen-bond donors (Lipinski definition) is 1. The molecule has 1 unspecified atom stereocenters. The van der Waals surface area contributed by atoms with Crippen molar-refractivity contribution in [3.63, 3.8) is 0 Å². The summed E-state index contributed by atoms with van der Waals surface area (Å²) in [4.78, 5) is 3.96. The van der Waals surface area contributed by atoms with E-state index in [0.717, 1.165) is 0 Å². The first kappa shape index (κ1) is 8.12. The van der Waals surface area contributed by atoms with Crippen LogP contribution in [-0.2, 0) is 0 Å². The van der Waals surface area contributed by atoms with E-state index in [1.54, 1.807) is 19.2 Å². The van der Waals surface area contributed by atoms with E-state index in [1.165, 1.54) is 10.6 Å². The van der Waals surface area contributed by atoms with Crippen molar-refractivity contribution in [1.82, 2.24) is 14.6 Å². The Morgan fingerprint density at radius 1 is 1.62 bits per heavy atom. The molecule has 0 spiro atoms. The summed E-state index contributed by atoms with van der Waals surface area (Å²) in [5.41, 5.74) is 5.78. The Labute approximate surface area is 74.2 Å². The van der Waals surface area contributed by atoms with Crippen LogP contribution in [0.5, 0.6) is 0 Å². The SMILES string of the molecule is CC(N)c1nc2c(F)cccn2n1. The van der Waals surface area contributed by atoms with E-state index in [4.69, 9.17) is 5.73 Å². The Morgan fingerprint density at radius 3 is 3.00 bits per heavy atom. The molecule has 0 aliphatic heterocycles. The zero-order valence-electron chi connectivity index (χ0n) is 7.11. The van der Waals surface area contributed by atoms with Gasteiger partial charge in [0, 0.05) is 6.20 Å². The minimum absolute atomic E-state index is 0.217. The van der Waals surface area contributed by atoms with Gasteiger partial charge in [0.15, 0.2) is 17.3 Å². The van der Waals surface area contributed by atoms with E-state index >= 15 is 0 Å². The number of halogens is 1. The second kappa shape index (κ2) is 2.77. The maximum Gasteiger partial charge on any atom is 0.191 e. The van der Waals surface area contributed by atoms with Crippen molar-refractivity contribution in [3.8, 4) is 0 Å². The average molecular weight is 180 g/mol. The molecule has 4 nitrogen and oxygen atoms in total. The predicted octanol–water partition coefficient (Wildman–Crippen LogP) is 0.888. The smallest absolute Gasteiger partial charge is 0.191 e. The molecule has 2 heterocycles. The van der Waals surface area contributed by atoms with E-state index in [-0.39, 0.29) is 17.5 Å². The van der Waals surface area contributed by atoms with E-state index in [9.17, 15) is 4.39 Å². The van der Waals surface area contributed by atoms with Crippen LogP contribution < -0.4 is 5.73 Å². The maximum atomic E-state index is 13.1. The molecule has 0 fully saturated rings. The monoisotopic (exact) mass is 180 g/mol. The highest BCUT2D eigenvalue weighted by atomic mass is 19.1. The van der Waals surface area contributed by atoms with Crippen molar-refractivity contribution in [2.24, 2.45) is 5.73 Å². The summed E-state index contributed by atoms with van der Waals surface area (Å²) in [5.74, 6) is 0.0620. The summed E-state index contributed by atoms with van der Waals surface area (Å²) in [6, 6.07) is 2.64. The molecule has 0 amide bonds. The van der Waals surface area contributed by atoms with Crippen molar-refractivity contribution in [2.75, 3.05) is 0 Å². The van der Waals surface area contributed by atoms with Crippen LogP contribution in [0.2, 0.25) is 0 Å². The Bertz CT molecular complexity index is 435. The fourth-order valence-electron chi connectivity index (χ4n) is 1.08. The quantitative estimate of drug-likeness (QED) is 0.709. The molecule has 0 aromatic carbocycles. The third-order valence-electron chi connectivity index (χ3n) is 1.74. The van der Waals surface area contributed by atoms with Crippen LogP contribution >= 0.6 is 0 Å². The molecule has 2 rings (SSSR count). The minimum atomic E-state index is -0.387. The highest BCUT2D eigenvalue weighted by Gasteiger charge is 2.09. The highest BCUT2D eigenvalue weighted by Crippen LogP contribution is 2.09. The van der Waals surface area contributed by atoms with Crippen molar-refractivity contribution in [2.45, 2.75) is 13.0 Å². The Morgan fingerprint density at radius 2 is 2.38 bits per heavy atom. The van der Waals surface area contributed by atoms with Crippen LogP contribution in [0.1, 0.15) is 18.8 Å². The lowest BCUT2D eigenvalue weighted by Gasteiger charge is -1.93. The first-order valence-corrected chi connectivity index (χ1v) is 3.95. The standard InChI is InChI=1S/C8H9FN4/c1-5(10)7-11-8-6(9)3-2-4-13(8)12-7/h2-5H,10H2,1H3. The van der Waals surface area contributed by atoms with E-state index < -0.39 is 0 Å². The summed E-state index contributed by atoms with van der Waals surface area (Å²) in [6.45, 7) is 1.76. The summed E-state index contributed by atoms with van der Waals surface area (Å²) < 4.78 is 14.5. The topological polar surface area (TPSA) is 56.2 Å². The number of hydrogen-bond acceptors (Lipinski definition) is 3. The Hall–Kier alpha value is -1.49. The first-order valence-electron chi connectivity index (χ1n) is 3.95. The van der Waals surface area contributed by atoms with Gasteiger partial charge in [0.25, 0.3) is 0 Å². The highest BCUT2D eigenvalue weighted by molar-refractivity contribution is 5.38. The van der Waals surface area contributed by atoms with Gasteiger partial charge in [-0.3, -0.25) is 0 Å². The van der Waals surface area contributed by atoms with Gasteiger partial charge in [0.2, 0.25) is 0 Å². The normalized spacial score (nSPS) is 13.5. The van der Waals surface area contributed by atoms with Gasteiger partial charge >= 0.3 is 0 Å². The fourth-order valence-corrected chi connectivity index (χ4v) is 1.08. The molecular weight excluding hydrogens is 171 g/mol. The van der Waals surface area contributed by atoms with Crippen LogP contribution in [0.25, 0.3) is 5.65 Å². The first-order chi connectivity index (χ1) is 6.18. The van der Waals surface area contributed by atoms with Crippen LogP contribution in [-0.4, -0.2) is 14.6 Å². The molecule has 0 bridgehead atoms. The third-order valence-corrected chi connectivity index (χ3v) is 1.74. The van der Waals surface area contributed by atoms with Gasteiger partial charge in [0.1, 0.15) is 0 Å².